The molecule has 0 spiro atoms. The molecule has 0 aliphatic heterocycles. The van der Waals surface area contributed by atoms with Crippen molar-refractivity contribution in [1.29, 1.82) is 0 Å². The first-order valence-electron chi connectivity index (χ1n) is 11.3. The van der Waals surface area contributed by atoms with Crippen molar-refractivity contribution in [3.8, 4) is 0 Å². The minimum atomic E-state index is -3.87. The standard InChI is InChI=1S/C21H44O6S/c1-3-5-16-25-18-12-8-7-11-15-21(22)28(23,24)27-20-14-10-9-13-19-26-17-6-4-2/h21-22H,3-20H2,1-2H3. The van der Waals surface area contributed by atoms with E-state index in [-0.39, 0.29) is 13.0 Å². The second kappa shape index (κ2) is 20.1. The van der Waals surface area contributed by atoms with Gasteiger partial charge in [0.1, 0.15) is 0 Å². The molecule has 1 unspecified atom stereocenters. The van der Waals surface area contributed by atoms with E-state index in [0.717, 1.165) is 90.6 Å². The predicted octanol–water partition coefficient (Wildman–Crippen LogP) is 4.80. The molecule has 0 radical (unpaired) electrons. The molecule has 0 aliphatic rings. The molecule has 0 aliphatic carbocycles. The number of unbranched alkanes of at least 4 members (excludes halogenated alkanes) is 8. The Morgan fingerprint density at radius 1 is 0.643 bits per heavy atom. The van der Waals surface area contributed by atoms with Crippen molar-refractivity contribution in [1.82, 2.24) is 0 Å². The highest BCUT2D eigenvalue weighted by Gasteiger charge is 2.22. The minimum absolute atomic E-state index is 0.144. The van der Waals surface area contributed by atoms with Crippen molar-refractivity contribution in [2.45, 2.75) is 103 Å². The molecule has 1 N–H and O–H groups in total. The number of ether oxygens (including phenoxy) is 2. The molecule has 0 aromatic rings. The normalized spacial score (nSPS) is 13.1. The lowest BCUT2D eigenvalue weighted by Gasteiger charge is -2.12. The Morgan fingerprint density at radius 3 is 1.57 bits per heavy atom. The second-order valence-electron chi connectivity index (χ2n) is 7.32. The zero-order valence-corrected chi connectivity index (χ0v) is 19.0. The van der Waals surface area contributed by atoms with Crippen LogP contribution >= 0.6 is 0 Å². The number of aliphatic hydroxyl groups is 1. The maximum atomic E-state index is 11.9. The van der Waals surface area contributed by atoms with Crippen LogP contribution in [0.5, 0.6) is 0 Å². The fourth-order valence-corrected chi connectivity index (χ4v) is 3.59. The molecule has 1 atom stereocenters. The summed E-state index contributed by atoms with van der Waals surface area (Å²) < 4.78 is 39.8. The maximum Gasteiger partial charge on any atom is 0.294 e. The highest BCUT2D eigenvalue weighted by Crippen LogP contribution is 2.13. The van der Waals surface area contributed by atoms with Gasteiger partial charge in [0.15, 0.2) is 5.44 Å². The van der Waals surface area contributed by atoms with E-state index >= 15 is 0 Å². The lowest BCUT2D eigenvalue weighted by atomic mass is 10.1. The zero-order chi connectivity index (χ0) is 20.9. The molecule has 7 heteroatoms. The Kier molecular flexibility index (Phi) is 19.9. The highest BCUT2D eigenvalue weighted by molar-refractivity contribution is 7.87. The van der Waals surface area contributed by atoms with Gasteiger partial charge in [-0.3, -0.25) is 4.18 Å². The number of aliphatic hydroxyl groups excluding tert-OH is 1. The molecule has 0 aromatic heterocycles. The summed E-state index contributed by atoms with van der Waals surface area (Å²) in [5.41, 5.74) is -1.42. The third-order valence-corrected chi connectivity index (χ3v) is 5.94. The van der Waals surface area contributed by atoms with E-state index in [1.807, 2.05) is 0 Å². The van der Waals surface area contributed by atoms with E-state index in [2.05, 4.69) is 13.8 Å². The molecule has 6 nitrogen and oxygen atoms in total. The smallest absolute Gasteiger partial charge is 0.294 e. The maximum absolute atomic E-state index is 11.9. The summed E-state index contributed by atoms with van der Waals surface area (Å²) in [6.07, 6.45) is 11.8. The Hall–Kier alpha value is -0.210. The van der Waals surface area contributed by atoms with Crippen LogP contribution in [0.3, 0.4) is 0 Å². The van der Waals surface area contributed by atoms with Crippen molar-refractivity contribution in [2.24, 2.45) is 0 Å². The van der Waals surface area contributed by atoms with Gasteiger partial charge in [-0.25, -0.2) is 0 Å². The zero-order valence-electron chi connectivity index (χ0n) is 18.2. The van der Waals surface area contributed by atoms with Crippen LogP contribution in [0.15, 0.2) is 0 Å². The van der Waals surface area contributed by atoms with Gasteiger partial charge >= 0.3 is 0 Å². The monoisotopic (exact) mass is 424 g/mol. The summed E-state index contributed by atoms with van der Waals surface area (Å²) in [6, 6.07) is 0. The van der Waals surface area contributed by atoms with Gasteiger partial charge in [-0.15, -0.1) is 0 Å². The Labute approximate surface area is 173 Å². The summed E-state index contributed by atoms with van der Waals surface area (Å²) in [5, 5.41) is 9.87. The van der Waals surface area contributed by atoms with Crippen LogP contribution in [-0.4, -0.2) is 52.0 Å². The van der Waals surface area contributed by atoms with Crippen molar-refractivity contribution in [3.05, 3.63) is 0 Å². The molecule has 0 rings (SSSR count). The molecular formula is C21H44O6S. The average Bonchev–Trinajstić information content (AvgIpc) is 2.68. The highest BCUT2D eigenvalue weighted by atomic mass is 32.2. The SMILES string of the molecule is CCCCOCCCCCCOS(=O)(=O)C(O)CCCCCCOCCCC. The third kappa shape index (κ3) is 17.9. The van der Waals surface area contributed by atoms with Crippen LogP contribution in [0.2, 0.25) is 0 Å². The Balaban J connectivity index is 3.53. The number of hydrogen-bond acceptors (Lipinski definition) is 6. The molecule has 0 bridgehead atoms. The summed E-state index contributed by atoms with van der Waals surface area (Å²) in [6.45, 7) is 7.58. The minimum Gasteiger partial charge on any atom is -0.381 e. The molecule has 0 heterocycles. The van der Waals surface area contributed by atoms with Crippen LogP contribution in [0.25, 0.3) is 0 Å². The second-order valence-corrected chi connectivity index (χ2v) is 9.08. The summed E-state index contributed by atoms with van der Waals surface area (Å²) in [5.74, 6) is 0. The van der Waals surface area contributed by atoms with E-state index in [0.29, 0.717) is 12.8 Å². The van der Waals surface area contributed by atoms with Gasteiger partial charge in [0.25, 0.3) is 10.1 Å². The summed E-state index contributed by atoms with van der Waals surface area (Å²) in [4.78, 5) is 0. The third-order valence-electron chi connectivity index (χ3n) is 4.54. The molecule has 0 saturated carbocycles. The largest absolute Gasteiger partial charge is 0.381 e. The first-order chi connectivity index (χ1) is 13.5. The molecule has 0 aromatic carbocycles. The van der Waals surface area contributed by atoms with E-state index < -0.39 is 15.6 Å². The van der Waals surface area contributed by atoms with Gasteiger partial charge in [0.05, 0.1) is 6.61 Å². The first-order valence-corrected chi connectivity index (χ1v) is 12.7. The molecule has 0 fully saturated rings. The Morgan fingerprint density at radius 2 is 1.07 bits per heavy atom. The van der Waals surface area contributed by atoms with Gasteiger partial charge in [-0.05, 0) is 44.9 Å². The topological polar surface area (TPSA) is 82.1 Å². The van der Waals surface area contributed by atoms with Crippen LogP contribution in [-0.2, 0) is 23.8 Å². The summed E-state index contributed by atoms with van der Waals surface area (Å²) in [7, 11) is -3.87. The van der Waals surface area contributed by atoms with E-state index in [1.54, 1.807) is 0 Å². The van der Waals surface area contributed by atoms with Gasteiger partial charge in [0, 0.05) is 26.4 Å². The van der Waals surface area contributed by atoms with Crippen molar-refractivity contribution >= 4 is 10.1 Å². The van der Waals surface area contributed by atoms with E-state index in [4.69, 9.17) is 13.7 Å². The molecule has 170 valence electrons. The molecule has 0 saturated heterocycles. The lowest BCUT2D eigenvalue weighted by Crippen LogP contribution is -2.23. The van der Waals surface area contributed by atoms with Crippen LogP contribution in [0.1, 0.15) is 97.3 Å². The lowest BCUT2D eigenvalue weighted by molar-refractivity contribution is 0.126. The molecule has 28 heavy (non-hydrogen) atoms. The van der Waals surface area contributed by atoms with Crippen LogP contribution in [0.4, 0.5) is 0 Å². The van der Waals surface area contributed by atoms with Gasteiger partial charge in [-0.2, -0.15) is 8.42 Å². The average molecular weight is 425 g/mol. The number of rotatable bonds is 22. The van der Waals surface area contributed by atoms with Gasteiger partial charge in [-0.1, -0.05) is 52.4 Å². The fourth-order valence-electron chi connectivity index (χ4n) is 2.63. The first kappa shape index (κ1) is 27.8. The Bertz CT molecular complexity index is 413. The van der Waals surface area contributed by atoms with E-state index in [9.17, 15) is 13.5 Å². The summed E-state index contributed by atoms with van der Waals surface area (Å²) >= 11 is 0. The van der Waals surface area contributed by atoms with Gasteiger partial charge in [0.2, 0.25) is 0 Å². The van der Waals surface area contributed by atoms with Crippen LogP contribution in [0, 0.1) is 0 Å². The fraction of sp³-hybridized carbons (Fsp3) is 1.00. The van der Waals surface area contributed by atoms with Crippen molar-refractivity contribution in [2.75, 3.05) is 33.0 Å². The molecular weight excluding hydrogens is 380 g/mol. The molecule has 0 amide bonds. The number of hydrogen-bond donors (Lipinski definition) is 1. The van der Waals surface area contributed by atoms with Crippen LogP contribution < -0.4 is 0 Å². The van der Waals surface area contributed by atoms with E-state index in [1.165, 1.54) is 0 Å². The van der Waals surface area contributed by atoms with Gasteiger partial charge < -0.3 is 14.6 Å². The predicted molar refractivity (Wildman–Crippen MR) is 114 cm³/mol. The quantitative estimate of drug-likeness (QED) is 0.199. The van der Waals surface area contributed by atoms with Crippen molar-refractivity contribution in [3.63, 3.8) is 0 Å². The van der Waals surface area contributed by atoms with Crippen molar-refractivity contribution < 1.29 is 27.2 Å².